The van der Waals surface area contributed by atoms with Gasteiger partial charge in [-0.2, -0.15) is 5.10 Å². The Morgan fingerprint density at radius 1 is 1.17 bits per heavy atom. The Balaban J connectivity index is 1.64. The van der Waals surface area contributed by atoms with Crippen molar-refractivity contribution in [2.75, 3.05) is 27.3 Å². The van der Waals surface area contributed by atoms with Gasteiger partial charge < -0.3 is 9.47 Å². The molecule has 130 valence electrons. The summed E-state index contributed by atoms with van der Waals surface area (Å²) in [5.41, 5.74) is 2.61. The van der Waals surface area contributed by atoms with Crippen LogP contribution in [0.25, 0.3) is 0 Å². The quantitative estimate of drug-likeness (QED) is 0.816. The summed E-state index contributed by atoms with van der Waals surface area (Å²) in [4.78, 5) is 2.51. The lowest BCUT2D eigenvalue weighted by Crippen LogP contribution is -2.44. The van der Waals surface area contributed by atoms with Crippen molar-refractivity contribution in [2.45, 2.75) is 25.5 Å². The van der Waals surface area contributed by atoms with E-state index in [0.717, 1.165) is 38.2 Å². The monoisotopic (exact) mass is 329 g/mol. The van der Waals surface area contributed by atoms with E-state index in [-0.39, 0.29) is 0 Å². The third-order valence-electron chi connectivity index (χ3n) is 4.87. The molecule has 5 heteroatoms. The van der Waals surface area contributed by atoms with E-state index >= 15 is 0 Å². The van der Waals surface area contributed by atoms with Gasteiger partial charge in [-0.15, -0.1) is 0 Å². The van der Waals surface area contributed by atoms with Gasteiger partial charge in [0.05, 0.1) is 19.4 Å². The standard InChI is InChI=1S/C19H27N3O2/c1-21-12-16(11-20-21)13-22-9-8-19(24-3)17(14-22)10-15-4-6-18(23-2)7-5-15/h4-7,11-12,17,19H,8-10,13-14H2,1-3H3/t17-,19+/m0/s1. The van der Waals surface area contributed by atoms with Crippen LogP contribution in [0.3, 0.4) is 0 Å². The number of piperidine rings is 1. The molecule has 1 aliphatic heterocycles. The predicted octanol–water partition coefficient (Wildman–Crippen LogP) is 2.51. The van der Waals surface area contributed by atoms with Gasteiger partial charge in [-0.3, -0.25) is 9.58 Å². The van der Waals surface area contributed by atoms with Gasteiger partial charge in [-0.05, 0) is 30.5 Å². The summed E-state index contributed by atoms with van der Waals surface area (Å²) in [6.07, 6.45) is 6.50. The Morgan fingerprint density at radius 3 is 2.58 bits per heavy atom. The van der Waals surface area contributed by atoms with E-state index in [2.05, 4.69) is 28.3 Å². The largest absolute Gasteiger partial charge is 0.497 e. The van der Waals surface area contributed by atoms with Crippen LogP contribution in [0.5, 0.6) is 5.75 Å². The van der Waals surface area contributed by atoms with E-state index in [0.29, 0.717) is 12.0 Å². The molecule has 24 heavy (non-hydrogen) atoms. The molecular weight excluding hydrogens is 302 g/mol. The predicted molar refractivity (Wildman–Crippen MR) is 94.1 cm³/mol. The van der Waals surface area contributed by atoms with Crippen LogP contribution in [0.1, 0.15) is 17.5 Å². The fourth-order valence-corrected chi connectivity index (χ4v) is 3.61. The molecule has 0 radical (unpaired) electrons. The van der Waals surface area contributed by atoms with Gasteiger partial charge in [-0.1, -0.05) is 12.1 Å². The minimum absolute atomic E-state index is 0.331. The smallest absolute Gasteiger partial charge is 0.118 e. The summed E-state index contributed by atoms with van der Waals surface area (Å²) in [7, 11) is 5.50. The molecule has 1 aliphatic rings. The van der Waals surface area contributed by atoms with Crippen molar-refractivity contribution in [3.8, 4) is 5.75 Å². The number of aryl methyl sites for hydroxylation is 1. The fourth-order valence-electron chi connectivity index (χ4n) is 3.61. The first-order valence-corrected chi connectivity index (χ1v) is 8.53. The highest BCUT2D eigenvalue weighted by Gasteiger charge is 2.29. The second kappa shape index (κ2) is 7.81. The zero-order valence-corrected chi connectivity index (χ0v) is 14.8. The topological polar surface area (TPSA) is 39.5 Å². The van der Waals surface area contributed by atoms with Crippen molar-refractivity contribution < 1.29 is 9.47 Å². The summed E-state index contributed by atoms with van der Waals surface area (Å²) in [6, 6.07) is 8.39. The van der Waals surface area contributed by atoms with Crippen LogP contribution in [0, 0.1) is 5.92 Å². The van der Waals surface area contributed by atoms with Gasteiger partial charge in [0, 0.05) is 51.5 Å². The van der Waals surface area contributed by atoms with E-state index in [4.69, 9.17) is 9.47 Å². The van der Waals surface area contributed by atoms with Gasteiger partial charge in [0.2, 0.25) is 0 Å². The highest BCUT2D eigenvalue weighted by molar-refractivity contribution is 5.27. The molecule has 0 saturated carbocycles. The van der Waals surface area contributed by atoms with Crippen LogP contribution in [0.4, 0.5) is 0 Å². The third kappa shape index (κ3) is 4.16. The molecule has 2 heterocycles. The number of methoxy groups -OCH3 is 2. The van der Waals surface area contributed by atoms with Gasteiger partial charge in [0.15, 0.2) is 0 Å². The number of likely N-dealkylation sites (tertiary alicyclic amines) is 1. The average molecular weight is 329 g/mol. The summed E-state index contributed by atoms with van der Waals surface area (Å²) in [6.45, 7) is 3.09. The van der Waals surface area contributed by atoms with Crippen molar-refractivity contribution in [3.05, 3.63) is 47.8 Å². The zero-order valence-electron chi connectivity index (χ0n) is 14.8. The molecule has 2 atom stereocenters. The zero-order chi connectivity index (χ0) is 16.9. The van der Waals surface area contributed by atoms with Crippen LogP contribution in [-0.2, 0) is 24.8 Å². The van der Waals surface area contributed by atoms with Crippen molar-refractivity contribution in [2.24, 2.45) is 13.0 Å². The lowest BCUT2D eigenvalue weighted by Gasteiger charge is -2.38. The lowest BCUT2D eigenvalue weighted by molar-refractivity contribution is -0.00849. The fraction of sp³-hybridized carbons (Fsp3) is 0.526. The Kier molecular flexibility index (Phi) is 5.53. The molecule has 0 unspecified atom stereocenters. The summed E-state index contributed by atoms with van der Waals surface area (Å²) in [5, 5.41) is 4.27. The number of ether oxygens (including phenoxy) is 2. The highest BCUT2D eigenvalue weighted by atomic mass is 16.5. The minimum Gasteiger partial charge on any atom is -0.497 e. The number of benzene rings is 1. The number of aromatic nitrogens is 2. The SMILES string of the molecule is COc1ccc(C[C@H]2CN(Cc3cnn(C)c3)CC[C@H]2OC)cc1. The molecule has 1 saturated heterocycles. The first-order valence-electron chi connectivity index (χ1n) is 8.53. The molecule has 2 aromatic rings. The second-order valence-corrected chi connectivity index (χ2v) is 6.63. The molecular formula is C19H27N3O2. The van der Waals surface area contributed by atoms with Crippen LogP contribution in [0.15, 0.2) is 36.7 Å². The first kappa shape index (κ1) is 17.0. The van der Waals surface area contributed by atoms with Crippen LogP contribution in [-0.4, -0.2) is 48.1 Å². The van der Waals surface area contributed by atoms with E-state index in [9.17, 15) is 0 Å². The van der Waals surface area contributed by atoms with Crippen LogP contribution >= 0.6 is 0 Å². The van der Waals surface area contributed by atoms with E-state index < -0.39 is 0 Å². The summed E-state index contributed by atoms with van der Waals surface area (Å²) >= 11 is 0. The molecule has 1 aromatic heterocycles. The molecule has 0 amide bonds. The number of hydrogen-bond acceptors (Lipinski definition) is 4. The third-order valence-corrected chi connectivity index (χ3v) is 4.87. The van der Waals surface area contributed by atoms with Crippen LogP contribution < -0.4 is 4.74 Å². The van der Waals surface area contributed by atoms with Gasteiger partial charge in [0.25, 0.3) is 0 Å². The van der Waals surface area contributed by atoms with E-state index in [1.807, 2.05) is 37.2 Å². The number of hydrogen-bond donors (Lipinski definition) is 0. The van der Waals surface area contributed by atoms with Gasteiger partial charge in [-0.25, -0.2) is 0 Å². The highest BCUT2D eigenvalue weighted by Crippen LogP contribution is 2.25. The Labute approximate surface area is 144 Å². The minimum atomic E-state index is 0.331. The van der Waals surface area contributed by atoms with Crippen molar-refractivity contribution in [1.29, 1.82) is 0 Å². The summed E-state index contributed by atoms with van der Waals surface area (Å²) in [5.74, 6) is 1.41. The van der Waals surface area contributed by atoms with E-state index in [1.165, 1.54) is 11.1 Å². The molecule has 1 fully saturated rings. The Hall–Kier alpha value is -1.85. The van der Waals surface area contributed by atoms with Crippen LogP contribution in [0.2, 0.25) is 0 Å². The molecule has 0 N–H and O–H groups in total. The normalized spacial score (nSPS) is 21.8. The Bertz CT molecular complexity index is 638. The first-order chi connectivity index (χ1) is 11.7. The summed E-state index contributed by atoms with van der Waals surface area (Å²) < 4.78 is 12.9. The maximum Gasteiger partial charge on any atom is 0.118 e. The molecule has 0 spiro atoms. The Morgan fingerprint density at radius 2 is 1.96 bits per heavy atom. The number of rotatable bonds is 6. The van der Waals surface area contributed by atoms with Crippen molar-refractivity contribution in [3.63, 3.8) is 0 Å². The molecule has 3 rings (SSSR count). The molecule has 1 aromatic carbocycles. The maximum atomic E-state index is 5.76. The van der Waals surface area contributed by atoms with E-state index in [1.54, 1.807) is 7.11 Å². The molecule has 0 aliphatic carbocycles. The molecule has 0 bridgehead atoms. The van der Waals surface area contributed by atoms with Gasteiger partial charge in [0.1, 0.15) is 5.75 Å². The second-order valence-electron chi connectivity index (χ2n) is 6.63. The van der Waals surface area contributed by atoms with Gasteiger partial charge >= 0.3 is 0 Å². The molecule has 5 nitrogen and oxygen atoms in total. The maximum absolute atomic E-state index is 5.76. The van der Waals surface area contributed by atoms with Crippen molar-refractivity contribution in [1.82, 2.24) is 14.7 Å². The number of nitrogens with zero attached hydrogens (tertiary/aromatic N) is 3. The van der Waals surface area contributed by atoms with Crippen molar-refractivity contribution >= 4 is 0 Å². The lowest BCUT2D eigenvalue weighted by atomic mass is 9.88. The average Bonchev–Trinajstić information content (AvgIpc) is 3.01.